The van der Waals surface area contributed by atoms with Gasteiger partial charge in [0.15, 0.2) is 0 Å². The highest BCUT2D eigenvalue weighted by Gasteiger charge is 2.11. The number of rotatable bonds is 8. The maximum Gasteiger partial charge on any atom is 0.0664 e. The second-order valence-electron chi connectivity index (χ2n) is 5.02. The molecule has 15 heavy (non-hydrogen) atoms. The number of likely N-dealkylation sites (N-methyl/N-ethyl adjacent to an activating group) is 1. The van der Waals surface area contributed by atoms with Crippen LogP contribution in [0.15, 0.2) is 0 Å². The Morgan fingerprint density at radius 1 is 1.07 bits per heavy atom. The molecule has 1 N–H and O–H groups in total. The zero-order valence-electron chi connectivity index (χ0n) is 11.0. The van der Waals surface area contributed by atoms with Crippen LogP contribution >= 0.6 is 0 Å². The van der Waals surface area contributed by atoms with Crippen molar-refractivity contribution < 1.29 is 5.11 Å². The predicted molar refractivity (Wildman–Crippen MR) is 66.1 cm³/mol. The third-order valence-corrected chi connectivity index (χ3v) is 2.43. The van der Waals surface area contributed by atoms with Gasteiger partial charge in [-0.15, -0.1) is 0 Å². The van der Waals surface area contributed by atoms with Crippen molar-refractivity contribution >= 4 is 0 Å². The molecule has 0 bridgehead atoms. The monoisotopic (exact) mass is 216 g/mol. The smallest absolute Gasteiger partial charge is 0.0664 e. The van der Waals surface area contributed by atoms with Gasteiger partial charge in [0.05, 0.1) is 6.10 Å². The van der Waals surface area contributed by atoms with Crippen molar-refractivity contribution in [2.45, 2.75) is 33.3 Å². The standard InChI is InChI=1S/C12H28N2O/c1-6-12(15)10-14(9-11(2)3)8-7-13(4)5/h11-12,15H,6-10H2,1-5H3. The molecule has 1 atom stereocenters. The molecule has 0 aliphatic carbocycles. The summed E-state index contributed by atoms with van der Waals surface area (Å²) in [6.07, 6.45) is 0.669. The van der Waals surface area contributed by atoms with Crippen LogP contribution in [0, 0.1) is 5.92 Å². The molecular formula is C12H28N2O. The average Bonchev–Trinajstić information content (AvgIpc) is 2.13. The highest BCUT2D eigenvalue weighted by atomic mass is 16.3. The van der Waals surface area contributed by atoms with E-state index in [9.17, 15) is 5.11 Å². The van der Waals surface area contributed by atoms with Gasteiger partial charge in [0.25, 0.3) is 0 Å². The van der Waals surface area contributed by atoms with Gasteiger partial charge in [-0.25, -0.2) is 0 Å². The Balaban J connectivity index is 3.94. The van der Waals surface area contributed by atoms with Gasteiger partial charge < -0.3 is 10.0 Å². The van der Waals surface area contributed by atoms with Crippen LogP contribution in [0.3, 0.4) is 0 Å². The second-order valence-corrected chi connectivity index (χ2v) is 5.02. The Hall–Kier alpha value is -0.120. The van der Waals surface area contributed by atoms with Gasteiger partial charge in [-0.05, 0) is 26.4 Å². The molecule has 0 heterocycles. The van der Waals surface area contributed by atoms with Gasteiger partial charge in [-0.3, -0.25) is 4.90 Å². The zero-order valence-corrected chi connectivity index (χ0v) is 11.0. The number of hydrogen-bond donors (Lipinski definition) is 1. The minimum absolute atomic E-state index is 0.175. The van der Waals surface area contributed by atoms with Crippen molar-refractivity contribution in [3.05, 3.63) is 0 Å². The zero-order chi connectivity index (χ0) is 11.8. The van der Waals surface area contributed by atoms with Crippen LogP contribution < -0.4 is 0 Å². The van der Waals surface area contributed by atoms with E-state index in [-0.39, 0.29) is 6.10 Å². The maximum absolute atomic E-state index is 9.65. The first-order valence-corrected chi connectivity index (χ1v) is 6.00. The molecule has 92 valence electrons. The molecule has 0 radical (unpaired) electrons. The van der Waals surface area contributed by atoms with E-state index in [1.807, 2.05) is 6.92 Å². The van der Waals surface area contributed by atoms with E-state index in [4.69, 9.17) is 0 Å². The minimum atomic E-state index is -0.175. The third kappa shape index (κ3) is 8.85. The Morgan fingerprint density at radius 3 is 2.07 bits per heavy atom. The van der Waals surface area contributed by atoms with Gasteiger partial charge in [0.2, 0.25) is 0 Å². The molecule has 0 saturated heterocycles. The van der Waals surface area contributed by atoms with Crippen molar-refractivity contribution in [2.75, 3.05) is 40.3 Å². The van der Waals surface area contributed by atoms with Crippen LogP contribution in [0.5, 0.6) is 0 Å². The Labute approximate surface area is 95.1 Å². The van der Waals surface area contributed by atoms with Crippen molar-refractivity contribution in [1.29, 1.82) is 0 Å². The van der Waals surface area contributed by atoms with Crippen LogP contribution in [0.1, 0.15) is 27.2 Å². The molecule has 1 unspecified atom stereocenters. The summed E-state index contributed by atoms with van der Waals surface area (Å²) >= 11 is 0. The minimum Gasteiger partial charge on any atom is -0.392 e. The SMILES string of the molecule is CCC(O)CN(CCN(C)C)CC(C)C. The van der Waals surface area contributed by atoms with E-state index >= 15 is 0 Å². The summed E-state index contributed by atoms with van der Waals surface area (Å²) in [5.74, 6) is 0.663. The molecule has 0 fully saturated rings. The lowest BCUT2D eigenvalue weighted by Gasteiger charge is -2.27. The molecule has 0 spiro atoms. The highest BCUT2D eigenvalue weighted by molar-refractivity contribution is 4.66. The second kappa shape index (κ2) is 8.08. The molecule has 0 aromatic rings. The topological polar surface area (TPSA) is 26.7 Å². The van der Waals surface area contributed by atoms with Crippen LogP contribution in [0.25, 0.3) is 0 Å². The lowest BCUT2D eigenvalue weighted by molar-refractivity contribution is 0.0982. The Morgan fingerprint density at radius 2 is 1.67 bits per heavy atom. The van der Waals surface area contributed by atoms with Crippen LogP contribution in [-0.2, 0) is 0 Å². The molecule has 0 aliphatic heterocycles. The van der Waals surface area contributed by atoms with Gasteiger partial charge >= 0.3 is 0 Å². The normalized spacial score (nSPS) is 14.2. The van der Waals surface area contributed by atoms with E-state index in [0.29, 0.717) is 5.92 Å². The summed E-state index contributed by atoms with van der Waals surface area (Å²) in [7, 11) is 4.17. The molecule has 3 nitrogen and oxygen atoms in total. The van der Waals surface area contributed by atoms with E-state index in [1.54, 1.807) is 0 Å². The average molecular weight is 216 g/mol. The van der Waals surface area contributed by atoms with E-state index in [1.165, 1.54) is 0 Å². The molecule has 0 rings (SSSR count). The van der Waals surface area contributed by atoms with Crippen molar-refractivity contribution in [2.24, 2.45) is 5.92 Å². The predicted octanol–water partition coefficient (Wildman–Crippen LogP) is 1.28. The summed E-state index contributed by atoms with van der Waals surface area (Å²) in [5, 5.41) is 9.65. The lowest BCUT2D eigenvalue weighted by atomic mass is 10.2. The van der Waals surface area contributed by atoms with Crippen LogP contribution in [-0.4, -0.2) is 61.3 Å². The van der Waals surface area contributed by atoms with E-state index < -0.39 is 0 Å². The number of nitrogens with zero attached hydrogens (tertiary/aromatic N) is 2. The molecule has 0 saturated carbocycles. The van der Waals surface area contributed by atoms with Gasteiger partial charge in [0, 0.05) is 26.2 Å². The van der Waals surface area contributed by atoms with Crippen molar-refractivity contribution in [1.82, 2.24) is 9.80 Å². The molecule has 0 aliphatic rings. The maximum atomic E-state index is 9.65. The fourth-order valence-electron chi connectivity index (χ4n) is 1.54. The van der Waals surface area contributed by atoms with Crippen molar-refractivity contribution in [3.63, 3.8) is 0 Å². The summed E-state index contributed by atoms with van der Waals surface area (Å²) in [4.78, 5) is 4.55. The summed E-state index contributed by atoms with van der Waals surface area (Å²) in [6.45, 7) is 10.5. The molecule has 0 aromatic carbocycles. The Bertz CT molecular complexity index is 149. The fraction of sp³-hybridized carbons (Fsp3) is 1.00. The first-order valence-electron chi connectivity index (χ1n) is 6.00. The first kappa shape index (κ1) is 14.9. The number of aliphatic hydroxyl groups excluding tert-OH is 1. The van der Waals surface area contributed by atoms with Crippen LogP contribution in [0.2, 0.25) is 0 Å². The quantitative estimate of drug-likeness (QED) is 0.662. The van der Waals surface area contributed by atoms with Crippen LogP contribution in [0.4, 0.5) is 0 Å². The summed E-state index contributed by atoms with van der Waals surface area (Å²) in [6, 6.07) is 0. The lowest BCUT2D eigenvalue weighted by Crippen LogP contribution is -2.39. The fourth-order valence-corrected chi connectivity index (χ4v) is 1.54. The van der Waals surface area contributed by atoms with E-state index in [2.05, 4.69) is 37.7 Å². The third-order valence-electron chi connectivity index (χ3n) is 2.43. The molecule has 0 aromatic heterocycles. The van der Waals surface area contributed by atoms with Crippen molar-refractivity contribution in [3.8, 4) is 0 Å². The van der Waals surface area contributed by atoms with Gasteiger partial charge in [-0.1, -0.05) is 20.8 Å². The number of hydrogen-bond acceptors (Lipinski definition) is 3. The van der Waals surface area contributed by atoms with E-state index in [0.717, 1.165) is 32.6 Å². The van der Waals surface area contributed by atoms with Gasteiger partial charge in [-0.2, -0.15) is 0 Å². The summed E-state index contributed by atoms with van der Waals surface area (Å²) in [5.41, 5.74) is 0. The highest BCUT2D eigenvalue weighted by Crippen LogP contribution is 2.02. The molecule has 0 amide bonds. The largest absolute Gasteiger partial charge is 0.392 e. The first-order chi connectivity index (χ1) is 6.95. The molecule has 3 heteroatoms. The summed E-state index contributed by atoms with van der Waals surface area (Å²) < 4.78 is 0. The Kier molecular flexibility index (Phi) is 8.02. The molecular weight excluding hydrogens is 188 g/mol. The van der Waals surface area contributed by atoms with Gasteiger partial charge in [0.1, 0.15) is 0 Å². The number of aliphatic hydroxyl groups is 1.